The maximum absolute atomic E-state index is 13.3. The predicted octanol–water partition coefficient (Wildman–Crippen LogP) is 2.99. The van der Waals surface area contributed by atoms with E-state index in [0.717, 1.165) is 12.1 Å². The summed E-state index contributed by atoms with van der Waals surface area (Å²) in [7, 11) is 0. The number of rotatable bonds is 5. The van der Waals surface area contributed by atoms with Crippen LogP contribution in [0.1, 0.15) is 26.7 Å². The standard InChI is InChI=1S/C12H14F2O3/c1-12(2,6-5-11(15)16)17-10-4-3-8(13)7-9(10)14/h3-4,7H,5-6H2,1-2H3,(H,15,16). The summed E-state index contributed by atoms with van der Waals surface area (Å²) in [4.78, 5) is 10.4. The smallest absolute Gasteiger partial charge is 0.303 e. The Balaban J connectivity index is 2.72. The third-order valence-corrected chi connectivity index (χ3v) is 2.22. The molecule has 0 atom stereocenters. The van der Waals surface area contributed by atoms with E-state index >= 15 is 0 Å². The largest absolute Gasteiger partial charge is 0.485 e. The SMILES string of the molecule is CC(C)(CCC(=O)O)Oc1ccc(F)cc1F. The summed E-state index contributed by atoms with van der Waals surface area (Å²) in [6.07, 6.45) is 0.162. The van der Waals surface area contributed by atoms with E-state index in [0.29, 0.717) is 0 Å². The molecule has 1 aromatic carbocycles. The second-order valence-electron chi connectivity index (χ2n) is 4.33. The Hall–Kier alpha value is -1.65. The average molecular weight is 244 g/mol. The fraction of sp³-hybridized carbons (Fsp3) is 0.417. The zero-order valence-corrected chi connectivity index (χ0v) is 9.67. The molecule has 1 N–H and O–H groups in total. The molecule has 0 aliphatic heterocycles. The molecule has 17 heavy (non-hydrogen) atoms. The van der Waals surface area contributed by atoms with Gasteiger partial charge in [0, 0.05) is 12.5 Å². The van der Waals surface area contributed by atoms with Gasteiger partial charge in [-0.3, -0.25) is 4.79 Å². The van der Waals surface area contributed by atoms with Gasteiger partial charge in [0.05, 0.1) is 0 Å². The monoisotopic (exact) mass is 244 g/mol. The fourth-order valence-electron chi connectivity index (χ4n) is 1.31. The number of ether oxygens (including phenoxy) is 1. The topological polar surface area (TPSA) is 46.5 Å². The van der Waals surface area contributed by atoms with Gasteiger partial charge in [0.2, 0.25) is 0 Å². The lowest BCUT2D eigenvalue weighted by Crippen LogP contribution is -2.29. The fourth-order valence-corrected chi connectivity index (χ4v) is 1.31. The Morgan fingerprint density at radius 2 is 2.06 bits per heavy atom. The average Bonchev–Trinajstić information content (AvgIpc) is 2.20. The van der Waals surface area contributed by atoms with Crippen molar-refractivity contribution in [2.45, 2.75) is 32.3 Å². The molecule has 0 aromatic heterocycles. The number of halogens is 2. The number of carbonyl (C=O) groups is 1. The molecular formula is C12H14F2O3. The van der Waals surface area contributed by atoms with Crippen molar-refractivity contribution in [2.24, 2.45) is 0 Å². The van der Waals surface area contributed by atoms with Gasteiger partial charge in [-0.25, -0.2) is 8.78 Å². The van der Waals surface area contributed by atoms with E-state index in [1.807, 2.05) is 0 Å². The first-order valence-corrected chi connectivity index (χ1v) is 5.16. The van der Waals surface area contributed by atoms with Gasteiger partial charge in [-0.05, 0) is 32.4 Å². The van der Waals surface area contributed by atoms with E-state index in [1.54, 1.807) is 13.8 Å². The Labute approximate surface area is 98.0 Å². The normalized spacial score (nSPS) is 11.3. The number of benzene rings is 1. The van der Waals surface area contributed by atoms with Gasteiger partial charge in [0.1, 0.15) is 11.4 Å². The van der Waals surface area contributed by atoms with Gasteiger partial charge < -0.3 is 9.84 Å². The second-order valence-corrected chi connectivity index (χ2v) is 4.33. The maximum Gasteiger partial charge on any atom is 0.303 e. The van der Waals surface area contributed by atoms with Crippen LogP contribution in [0.25, 0.3) is 0 Å². The summed E-state index contributed by atoms with van der Waals surface area (Å²) in [5.41, 5.74) is -0.822. The molecule has 0 aliphatic rings. The Bertz CT molecular complexity index is 416. The first-order chi connectivity index (χ1) is 7.80. The lowest BCUT2D eigenvalue weighted by molar-refractivity contribution is -0.138. The van der Waals surface area contributed by atoms with E-state index in [2.05, 4.69) is 0 Å². The van der Waals surface area contributed by atoms with E-state index in [4.69, 9.17) is 9.84 Å². The van der Waals surface area contributed by atoms with Crippen molar-refractivity contribution in [1.29, 1.82) is 0 Å². The molecule has 0 radical (unpaired) electrons. The van der Waals surface area contributed by atoms with Crippen LogP contribution in [0.2, 0.25) is 0 Å². The first kappa shape index (κ1) is 13.4. The third kappa shape index (κ3) is 4.38. The summed E-state index contributed by atoms with van der Waals surface area (Å²) in [5, 5.41) is 8.55. The molecule has 94 valence electrons. The summed E-state index contributed by atoms with van der Waals surface area (Å²) in [5.74, 6) is -2.50. The van der Waals surface area contributed by atoms with Crippen molar-refractivity contribution in [3.05, 3.63) is 29.8 Å². The Kier molecular flexibility index (Phi) is 4.04. The third-order valence-electron chi connectivity index (χ3n) is 2.22. The molecule has 1 rings (SSSR count). The predicted molar refractivity (Wildman–Crippen MR) is 57.9 cm³/mol. The molecule has 3 nitrogen and oxygen atoms in total. The Morgan fingerprint density at radius 1 is 1.41 bits per heavy atom. The number of hydrogen-bond donors (Lipinski definition) is 1. The minimum absolute atomic E-state index is 0.0736. The lowest BCUT2D eigenvalue weighted by Gasteiger charge is -2.26. The molecule has 0 spiro atoms. The zero-order valence-electron chi connectivity index (χ0n) is 9.67. The summed E-state index contributed by atoms with van der Waals surface area (Å²) in [6.45, 7) is 3.30. The lowest BCUT2D eigenvalue weighted by atomic mass is 10.0. The summed E-state index contributed by atoms with van der Waals surface area (Å²) < 4.78 is 31.3. The molecule has 1 aromatic rings. The van der Waals surface area contributed by atoms with Gasteiger partial charge in [-0.2, -0.15) is 0 Å². The number of carboxylic acid groups (broad SMARTS) is 1. The van der Waals surface area contributed by atoms with Crippen molar-refractivity contribution in [3.8, 4) is 5.75 Å². The molecule has 5 heteroatoms. The number of carboxylic acids is 1. The highest BCUT2D eigenvalue weighted by molar-refractivity contribution is 5.66. The highest BCUT2D eigenvalue weighted by atomic mass is 19.1. The molecule has 0 saturated carbocycles. The van der Waals surface area contributed by atoms with E-state index < -0.39 is 23.2 Å². The highest BCUT2D eigenvalue weighted by Gasteiger charge is 2.22. The van der Waals surface area contributed by atoms with E-state index in [9.17, 15) is 13.6 Å². The maximum atomic E-state index is 13.3. The molecule has 0 saturated heterocycles. The highest BCUT2D eigenvalue weighted by Crippen LogP contribution is 2.25. The van der Waals surface area contributed by atoms with Gasteiger partial charge in [0.15, 0.2) is 11.6 Å². The van der Waals surface area contributed by atoms with Crippen LogP contribution in [0.15, 0.2) is 18.2 Å². The van der Waals surface area contributed by atoms with Gasteiger partial charge >= 0.3 is 5.97 Å². The van der Waals surface area contributed by atoms with Crippen molar-refractivity contribution in [3.63, 3.8) is 0 Å². The Morgan fingerprint density at radius 3 is 2.59 bits per heavy atom. The van der Waals surface area contributed by atoms with Crippen molar-refractivity contribution >= 4 is 5.97 Å². The van der Waals surface area contributed by atoms with Gasteiger partial charge in [-0.1, -0.05) is 0 Å². The van der Waals surface area contributed by atoms with Crippen LogP contribution in [0.3, 0.4) is 0 Å². The molecule has 0 heterocycles. The zero-order chi connectivity index (χ0) is 13.1. The molecular weight excluding hydrogens is 230 g/mol. The van der Waals surface area contributed by atoms with Crippen molar-refractivity contribution in [1.82, 2.24) is 0 Å². The molecule has 0 unspecified atom stereocenters. The van der Waals surface area contributed by atoms with Crippen molar-refractivity contribution in [2.75, 3.05) is 0 Å². The van der Waals surface area contributed by atoms with Crippen LogP contribution in [-0.4, -0.2) is 16.7 Å². The minimum Gasteiger partial charge on any atom is -0.485 e. The summed E-state index contributed by atoms with van der Waals surface area (Å²) >= 11 is 0. The molecule has 0 bridgehead atoms. The van der Waals surface area contributed by atoms with Crippen LogP contribution >= 0.6 is 0 Å². The quantitative estimate of drug-likeness (QED) is 0.866. The van der Waals surface area contributed by atoms with Crippen LogP contribution < -0.4 is 4.74 Å². The van der Waals surface area contributed by atoms with E-state index in [-0.39, 0.29) is 18.6 Å². The van der Waals surface area contributed by atoms with Crippen LogP contribution in [-0.2, 0) is 4.79 Å². The molecule has 0 aliphatic carbocycles. The molecule has 0 amide bonds. The number of aliphatic carboxylic acids is 1. The van der Waals surface area contributed by atoms with Gasteiger partial charge in [0.25, 0.3) is 0 Å². The van der Waals surface area contributed by atoms with Crippen LogP contribution in [0.5, 0.6) is 5.75 Å². The van der Waals surface area contributed by atoms with Gasteiger partial charge in [-0.15, -0.1) is 0 Å². The van der Waals surface area contributed by atoms with Crippen LogP contribution in [0, 0.1) is 11.6 Å². The van der Waals surface area contributed by atoms with Crippen LogP contribution in [0.4, 0.5) is 8.78 Å². The van der Waals surface area contributed by atoms with Crippen molar-refractivity contribution < 1.29 is 23.4 Å². The van der Waals surface area contributed by atoms with E-state index in [1.165, 1.54) is 6.07 Å². The first-order valence-electron chi connectivity index (χ1n) is 5.16. The second kappa shape index (κ2) is 5.12. The molecule has 0 fully saturated rings. The summed E-state index contributed by atoms with van der Waals surface area (Å²) in [6, 6.07) is 3.00. The minimum atomic E-state index is -0.943. The number of hydrogen-bond acceptors (Lipinski definition) is 2.